The van der Waals surface area contributed by atoms with Crippen molar-refractivity contribution in [3.8, 4) is 11.5 Å². The molecule has 10 aromatic rings. The van der Waals surface area contributed by atoms with E-state index >= 15 is 0 Å². The van der Waals surface area contributed by atoms with Crippen LogP contribution in [0.25, 0.3) is 87.2 Å². The second-order valence-electron chi connectivity index (χ2n) is 13.7. The van der Waals surface area contributed by atoms with Crippen LogP contribution < -0.4 is 9.47 Å². The second-order valence-corrected chi connectivity index (χ2v) is 17.3. The summed E-state index contributed by atoms with van der Waals surface area (Å²) >= 11 is 14.4. The van der Waals surface area contributed by atoms with Crippen LogP contribution in [-0.4, -0.2) is 73.8 Å². The van der Waals surface area contributed by atoms with E-state index in [1.165, 1.54) is 10.8 Å². The summed E-state index contributed by atoms with van der Waals surface area (Å²) in [5, 5.41) is 9.21. The number of aromatic amines is 4. The van der Waals surface area contributed by atoms with Gasteiger partial charge < -0.3 is 43.6 Å². The quantitative estimate of drug-likeness (QED) is 0.0965. The number of nitrogens with one attached hydrogen (secondary N) is 4. The molecule has 0 spiro atoms. The number of hydrogen-bond acceptors (Lipinski definition) is 5. The van der Waals surface area contributed by atoms with Crippen molar-refractivity contribution in [3.63, 3.8) is 0 Å². The summed E-state index contributed by atoms with van der Waals surface area (Å²) < 4.78 is 32.5. The molecule has 4 aromatic heterocycles. The van der Waals surface area contributed by atoms with Gasteiger partial charge in [0, 0.05) is 97.3 Å². The minimum Gasteiger partial charge on any atom is -0.487 e. The van der Waals surface area contributed by atoms with Gasteiger partial charge in [-0.2, -0.15) is 0 Å². The van der Waals surface area contributed by atoms with E-state index in [0.717, 1.165) is 106 Å². The first-order valence-corrected chi connectivity index (χ1v) is 21.5. The third kappa shape index (κ3) is 7.32. The van der Waals surface area contributed by atoms with Crippen LogP contribution >= 0.6 is 63.7 Å². The van der Waals surface area contributed by atoms with Crippen molar-refractivity contribution in [1.29, 1.82) is 0 Å². The standard InChI is InChI=1S/C23H20Br2N2O3.C21H16Br2N2O2/c1-28-6-7-29-8-9-30-23-21-17(15-10-13(24)2-4-19(15)26-21)12-18-16-11-14(25)3-5-20(16)27-22(18)23;1-26-6-7-27-21-19-15(13-8-11(22)2-4-17(13)24-19)10-16-14-9-12(23)3-5-18(14)25-20(16)21/h2-5,10-12,26-27H,6-9H2,1H3;2-5,8-10,24-25H,6-7H2,1H3. The van der Waals surface area contributed by atoms with Crippen molar-refractivity contribution in [2.45, 2.75) is 0 Å². The van der Waals surface area contributed by atoms with Crippen molar-refractivity contribution in [2.75, 3.05) is 53.9 Å². The predicted molar refractivity (Wildman–Crippen MR) is 247 cm³/mol. The number of methoxy groups -OCH3 is 2. The maximum Gasteiger partial charge on any atom is 0.167 e. The summed E-state index contributed by atoms with van der Waals surface area (Å²) in [5.74, 6) is 1.65. The van der Waals surface area contributed by atoms with Crippen LogP contribution in [0.1, 0.15) is 0 Å². The average Bonchev–Trinajstić information content (AvgIpc) is 3.96. The molecule has 10 rings (SSSR count). The van der Waals surface area contributed by atoms with E-state index in [2.05, 4.69) is 144 Å². The summed E-state index contributed by atoms with van der Waals surface area (Å²) in [5.41, 5.74) is 8.29. The van der Waals surface area contributed by atoms with Crippen LogP contribution in [0.15, 0.2) is 103 Å². The Morgan fingerprint density at radius 2 is 0.667 bits per heavy atom. The lowest BCUT2D eigenvalue weighted by Gasteiger charge is -2.10. The van der Waals surface area contributed by atoms with Gasteiger partial charge in [0.25, 0.3) is 0 Å². The highest BCUT2D eigenvalue weighted by atomic mass is 79.9. The van der Waals surface area contributed by atoms with Crippen LogP contribution in [0, 0.1) is 0 Å². The van der Waals surface area contributed by atoms with E-state index in [9.17, 15) is 0 Å². The number of fused-ring (bicyclic) bond motifs is 12. The minimum atomic E-state index is 0.454. The summed E-state index contributed by atoms with van der Waals surface area (Å²) in [6.07, 6.45) is 0. The molecule has 0 atom stereocenters. The first kappa shape index (κ1) is 38.4. The summed E-state index contributed by atoms with van der Waals surface area (Å²) in [6.45, 7) is 3.11. The van der Waals surface area contributed by atoms with Gasteiger partial charge in [-0.3, -0.25) is 0 Å². The highest BCUT2D eigenvalue weighted by Gasteiger charge is 2.20. The first-order chi connectivity index (χ1) is 27.8. The van der Waals surface area contributed by atoms with E-state index in [0.29, 0.717) is 39.6 Å². The molecule has 0 unspecified atom stereocenters. The molecule has 0 fully saturated rings. The lowest BCUT2D eigenvalue weighted by Crippen LogP contribution is -2.10. The topological polar surface area (TPSA) is 109 Å². The van der Waals surface area contributed by atoms with Gasteiger partial charge in [-0.05, 0) is 84.9 Å². The second kappa shape index (κ2) is 16.3. The number of H-pyrrole nitrogens is 4. The van der Waals surface area contributed by atoms with Crippen molar-refractivity contribution < 1.29 is 23.7 Å². The molecule has 9 nitrogen and oxygen atoms in total. The molecular formula is C44H36Br4N4O5. The number of aromatic nitrogens is 4. The molecule has 57 heavy (non-hydrogen) atoms. The fourth-order valence-electron chi connectivity index (χ4n) is 7.56. The number of halogens is 4. The van der Waals surface area contributed by atoms with Gasteiger partial charge in [-0.1, -0.05) is 63.7 Å². The van der Waals surface area contributed by atoms with Gasteiger partial charge in [-0.25, -0.2) is 0 Å². The molecule has 4 heterocycles. The summed E-state index contributed by atoms with van der Waals surface area (Å²) in [7, 11) is 3.35. The summed E-state index contributed by atoms with van der Waals surface area (Å²) in [6, 6.07) is 29.6. The van der Waals surface area contributed by atoms with Crippen molar-refractivity contribution in [3.05, 3.63) is 103 Å². The smallest absolute Gasteiger partial charge is 0.167 e. The van der Waals surface area contributed by atoms with Crippen molar-refractivity contribution in [2.24, 2.45) is 0 Å². The van der Waals surface area contributed by atoms with Gasteiger partial charge in [0.05, 0.1) is 48.5 Å². The Hall–Kier alpha value is -4.08. The highest BCUT2D eigenvalue weighted by molar-refractivity contribution is 9.11. The lowest BCUT2D eigenvalue weighted by molar-refractivity contribution is 0.0548. The number of ether oxygens (including phenoxy) is 5. The molecule has 0 radical (unpaired) electrons. The normalized spacial score (nSPS) is 12.0. The van der Waals surface area contributed by atoms with Crippen LogP contribution in [0.3, 0.4) is 0 Å². The largest absolute Gasteiger partial charge is 0.487 e. The fraction of sp³-hybridized carbons (Fsp3) is 0.182. The monoisotopic (exact) mass is 1020 g/mol. The zero-order valence-electron chi connectivity index (χ0n) is 30.9. The third-order valence-corrected chi connectivity index (χ3v) is 12.1. The molecular weight excluding hydrogens is 984 g/mol. The maximum atomic E-state index is 6.28. The molecule has 6 aromatic carbocycles. The van der Waals surface area contributed by atoms with Gasteiger partial charge in [0.1, 0.15) is 13.2 Å². The fourth-order valence-corrected chi connectivity index (χ4v) is 9.00. The van der Waals surface area contributed by atoms with E-state index in [1.54, 1.807) is 14.2 Å². The predicted octanol–water partition coefficient (Wildman–Crippen LogP) is 13.0. The van der Waals surface area contributed by atoms with Crippen LogP contribution in [0.2, 0.25) is 0 Å². The van der Waals surface area contributed by atoms with Crippen LogP contribution in [0.5, 0.6) is 11.5 Å². The van der Waals surface area contributed by atoms with Crippen LogP contribution in [-0.2, 0) is 14.2 Å². The Labute approximate surface area is 360 Å². The molecule has 0 aliphatic heterocycles. The Kier molecular flexibility index (Phi) is 11.0. The molecule has 0 saturated carbocycles. The SMILES string of the molecule is COCCOCCOc1c2[nH]c3ccc(Br)cc3c2cc2c1[nH]c1ccc(Br)cc12.COCCOc1c2[nH]c3ccc(Br)cc3c2cc2c1[nH]c1ccc(Br)cc12. The summed E-state index contributed by atoms with van der Waals surface area (Å²) in [4.78, 5) is 14.2. The van der Waals surface area contributed by atoms with E-state index in [1.807, 2.05) is 24.3 Å². The van der Waals surface area contributed by atoms with E-state index in [4.69, 9.17) is 23.7 Å². The minimum absolute atomic E-state index is 0.454. The molecule has 290 valence electrons. The number of hydrogen-bond donors (Lipinski definition) is 4. The van der Waals surface area contributed by atoms with Gasteiger partial charge in [0.2, 0.25) is 0 Å². The maximum absolute atomic E-state index is 6.28. The molecule has 0 bridgehead atoms. The zero-order valence-corrected chi connectivity index (χ0v) is 37.2. The highest BCUT2D eigenvalue weighted by Crippen LogP contribution is 2.43. The molecule has 0 amide bonds. The number of rotatable bonds is 11. The zero-order chi connectivity index (χ0) is 39.2. The lowest BCUT2D eigenvalue weighted by atomic mass is 10.1. The van der Waals surface area contributed by atoms with Crippen molar-refractivity contribution >= 4 is 151 Å². The molecule has 0 saturated heterocycles. The average molecular weight is 1020 g/mol. The Balaban J connectivity index is 0.000000149. The van der Waals surface area contributed by atoms with Crippen LogP contribution in [0.4, 0.5) is 0 Å². The Morgan fingerprint density at radius 3 is 1.00 bits per heavy atom. The first-order valence-electron chi connectivity index (χ1n) is 18.3. The van der Waals surface area contributed by atoms with Crippen molar-refractivity contribution in [1.82, 2.24) is 19.9 Å². The Bertz CT molecular complexity index is 2920. The molecule has 13 heteroatoms. The molecule has 0 aliphatic rings. The third-order valence-electron chi connectivity index (χ3n) is 10.1. The van der Waals surface area contributed by atoms with Gasteiger partial charge >= 0.3 is 0 Å². The molecule has 0 aliphatic carbocycles. The van der Waals surface area contributed by atoms with E-state index in [-0.39, 0.29) is 0 Å². The van der Waals surface area contributed by atoms with E-state index < -0.39 is 0 Å². The van der Waals surface area contributed by atoms with Gasteiger partial charge in [-0.15, -0.1) is 0 Å². The molecule has 4 N–H and O–H groups in total. The number of benzene rings is 6. The van der Waals surface area contributed by atoms with Gasteiger partial charge in [0.15, 0.2) is 11.5 Å². The Morgan fingerprint density at radius 1 is 0.368 bits per heavy atom.